The van der Waals surface area contributed by atoms with Crippen LogP contribution in [0.2, 0.25) is 0 Å². The summed E-state index contributed by atoms with van der Waals surface area (Å²) >= 11 is 0. The minimum Gasteiger partial charge on any atom is -0.456 e. The summed E-state index contributed by atoms with van der Waals surface area (Å²) in [6.45, 7) is 0. The van der Waals surface area contributed by atoms with Crippen LogP contribution in [0.15, 0.2) is 140 Å². The van der Waals surface area contributed by atoms with Crippen molar-refractivity contribution in [1.29, 1.82) is 5.26 Å². The Morgan fingerprint density at radius 3 is 1.69 bits per heavy atom. The van der Waals surface area contributed by atoms with Gasteiger partial charge in [0, 0.05) is 10.9 Å². The molecule has 1 aliphatic rings. The number of fused-ring (bicyclic) bond motifs is 3. The van der Waals surface area contributed by atoms with Crippen LogP contribution in [0.3, 0.4) is 0 Å². The molecule has 0 amide bonds. The van der Waals surface area contributed by atoms with Gasteiger partial charge < -0.3 is 4.74 Å². The van der Waals surface area contributed by atoms with Crippen molar-refractivity contribution < 1.29 is 4.74 Å². The molecule has 2 heteroatoms. The predicted molar refractivity (Wildman–Crippen MR) is 186 cm³/mol. The third-order valence-electron chi connectivity index (χ3n) is 9.66. The number of nitriles is 1. The van der Waals surface area contributed by atoms with Crippen molar-refractivity contribution in [3.05, 3.63) is 145 Å². The summed E-state index contributed by atoms with van der Waals surface area (Å²) in [6, 6.07) is 52.2. The highest BCUT2D eigenvalue weighted by Crippen LogP contribution is 2.50. The van der Waals surface area contributed by atoms with Gasteiger partial charge in [-0.25, -0.2) is 0 Å². The van der Waals surface area contributed by atoms with E-state index in [9.17, 15) is 5.26 Å². The van der Waals surface area contributed by atoms with Crippen molar-refractivity contribution in [2.24, 2.45) is 0 Å². The molecular weight excluding hydrogens is 546 g/mol. The van der Waals surface area contributed by atoms with Gasteiger partial charge >= 0.3 is 0 Å². The summed E-state index contributed by atoms with van der Waals surface area (Å²) in [5.74, 6) is 1.55. The smallest absolute Gasteiger partial charge is 0.136 e. The number of hydrogen-bond acceptors (Lipinski definition) is 2. The van der Waals surface area contributed by atoms with Crippen molar-refractivity contribution in [2.45, 2.75) is 0 Å². The molecule has 0 saturated heterocycles. The van der Waals surface area contributed by atoms with Gasteiger partial charge in [-0.05, 0) is 101 Å². The normalized spacial score (nSPS) is 12.2. The molecule has 45 heavy (non-hydrogen) atoms. The van der Waals surface area contributed by atoms with Crippen molar-refractivity contribution in [1.82, 2.24) is 0 Å². The lowest BCUT2D eigenvalue weighted by Gasteiger charge is -2.23. The maximum Gasteiger partial charge on any atom is 0.136 e. The molecule has 0 aromatic heterocycles. The third-order valence-corrected chi connectivity index (χ3v) is 9.66. The van der Waals surface area contributed by atoms with Crippen LogP contribution in [-0.4, -0.2) is 0 Å². The van der Waals surface area contributed by atoms with Crippen LogP contribution < -0.4 is 4.74 Å². The number of benzene rings is 9. The molecule has 0 fully saturated rings. The topological polar surface area (TPSA) is 33.0 Å². The third kappa shape index (κ3) is 3.33. The first-order chi connectivity index (χ1) is 22.3. The summed E-state index contributed by atoms with van der Waals surface area (Å²) in [7, 11) is 0. The Balaban J connectivity index is 1.24. The molecule has 0 N–H and O–H groups in total. The largest absolute Gasteiger partial charge is 0.456 e. The van der Waals surface area contributed by atoms with E-state index in [4.69, 9.17) is 4.74 Å². The minimum atomic E-state index is 0.596. The monoisotopic (exact) mass is 569 g/mol. The van der Waals surface area contributed by atoms with Crippen LogP contribution in [0.5, 0.6) is 11.5 Å². The first-order valence-electron chi connectivity index (χ1n) is 15.2. The van der Waals surface area contributed by atoms with Gasteiger partial charge in [-0.1, -0.05) is 115 Å². The lowest BCUT2D eigenvalue weighted by molar-refractivity contribution is 0.487. The maximum atomic E-state index is 9.45. The van der Waals surface area contributed by atoms with Crippen LogP contribution in [0.4, 0.5) is 0 Å². The number of ether oxygens (including phenoxy) is 1. The summed E-state index contributed by atoms with van der Waals surface area (Å²) in [4.78, 5) is 0. The Hall–Kier alpha value is -6.17. The van der Waals surface area contributed by atoms with Crippen LogP contribution in [-0.2, 0) is 0 Å². The second-order valence-corrected chi connectivity index (χ2v) is 11.9. The van der Waals surface area contributed by atoms with Gasteiger partial charge in [0.25, 0.3) is 0 Å². The van der Waals surface area contributed by atoms with Crippen LogP contribution in [0.25, 0.3) is 87.2 Å². The van der Waals surface area contributed by atoms with E-state index in [0.717, 1.165) is 33.4 Å². The van der Waals surface area contributed by atoms with Crippen molar-refractivity contribution in [3.63, 3.8) is 0 Å². The predicted octanol–water partition coefficient (Wildman–Crippen LogP) is 11.9. The summed E-state index contributed by atoms with van der Waals surface area (Å²) < 4.78 is 6.40. The Morgan fingerprint density at radius 2 is 0.933 bits per heavy atom. The van der Waals surface area contributed by atoms with Gasteiger partial charge in [0.2, 0.25) is 0 Å². The van der Waals surface area contributed by atoms with Crippen LogP contribution >= 0.6 is 0 Å². The zero-order valence-electron chi connectivity index (χ0n) is 24.1. The summed E-state index contributed by atoms with van der Waals surface area (Å²) in [5.41, 5.74) is 7.66. The van der Waals surface area contributed by atoms with Crippen LogP contribution in [0, 0.1) is 11.3 Å². The molecule has 1 aliphatic heterocycles. The minimum absolute atomic E-state index is 0.596. The van der Waals surface area contributed by atoms with Gasteiger partial charge in [0.1, 0.15) is 11.5 Å². The molecule has 0 saturated carbocycles. The SMILES string of the molecule is N#Cc1ccc2c(c1)Oc1cccc3c(-c4ccc5ccc6c(-c7cccc8ccccc78)ccc7ccc4c5c76)ccc-2c13. The number of hydrogen-bond donors (Lipinski definition) is 0. The second-order valence-electron chi connectivity index (χ2n) is 11.9. The van der Waals surface area contributed by atoms with Crippen molar-refractivity contribution >= 4 is 53.9 Å². The van der Waals surface area contributed by atoms with Gasteiger partial charge in [-0.2, -0.15) is 5.26 Å². The Labute approximate surface area is 259 Å². The van der Waals surface area contributed by atoms with Crippen molar-refractivity contribution in [2.75, 3.05) is 0 Å². The molecule has 9 aromatic carbocycles. The molecule has 0 unspecified atom stereocenters. The first kappa shape index (κ1) is 24.3. The number of rotatable bonds is 2. The highest BCUT2D eigenvalue weighted by molar-refractivity contribution is 6.29. The summed E-state index contributed by atoms with van der Waals surface area (Å²) in [5, 5.41) is 21.9. The molecule has 1 heterocycles. The second kappa shape index (κ2) is 8.92. The maximum absolute atomic E-state index is 9.45. The molecule has 0 atom stereocenters. The molecule has 0 aliphatic carbocycles. The van der Waals surface area contributed by atoms with E-state index in [-0.39, 0.29) is 0 Å². The van der Waals surface area contributed by atoms with Gasteiger partial charge in [0.15, 0.2) is 0 Å². The molecule has 0 spiro atoms. The standard InChI is InChI=1S/C43H23NO/c44-24-25-11-16-34-38-22-21-33(35-9-4-10-39(43(35)38)45-40(34)23-25)32-18-13-28-14-19-36-31(17-12-27-15-20-37(32)42(28)41(27)36)30-8-3-6-26-5-1-2-7-29(26)30/h1-23H. The molecule has 9 aromatic rings. The fraction of sp³-hybridized carbons (Fsp3) is 0. The lowest BCUT2D eigenvalue weighted by Crippen LogP contribution is -1.98. The molecule has 10 rings (SSSR count). The fourth-order valence-corrected chi connectivity index (χ4v) is 7.67. The van der Waals surface area contributed by atoms with E-state index in [1.54, 1.807) is 0 Å². The Bertz CT molecular complexity index is 2740. The molecule has 0 radical (unpaired) electrons. The highest BCUT2D eigenvalue weighted by atomic mass is 16.5. The lowest BCUT2D eigenvalue weighted by atomic mass is 9.84. The zero-order chi connectivity index (χ0) is 29.6. The fourth-order valence-electron chi connectivity index (χ4n) is 7.67. The quantitative estimate of drug-likeness (QED) is 0.194. The molecule has 206 valence electrons. The van der Waals surface area contributed by atoms with Crippen LogP contribution in [0.1, 0.15) is 5.56 Å². The van der Waals surface area contributed by atoms with E-state index in [2.05, 4.69) is 121 Å². The van der Waals surface area contributed by atoms with E-state index in [1.807, 2.05) is 24.3 Å². The number of nitrogens with zero attached hydrogens (tertiary/aromatic N) is 1. The molecule has 0 bridgehead atoms. The van der Waals surface area contributed by atoms with E-state index in [1.165, 1.54) is 65.3 Å². The molecular formula is C43H23NO. The van der Waals surface area contributed by atoms with Crippen molar-refractivity contribution in [3.8, 4) is 50.9 Å². The van der Waals surface area contributed by atoms with Gasteiger partial charge in [-0.15, -0.1) is 0 Å². The Kier molecular flexibility index (Phi) is 4.82. The highest BCUT2D eigenvalue weighted by Gasteiger charge is 2.23. The van der Waals surface area contributed by atoms with E-state index < -0.39 is 0 Å². The van der Waals surface area contributed by atoms with Gasteiger partial charge in [-0.3, -0.25) is 0 Å². The zero-order valence-corrected chi connectivity index (χ0v) is 24.1. The Morgan fingerprint density at radius 1 is 0.378 bits per heavy atom. The first-order valence-corrected chi connectivity index (χ1v) is 15.2. The average molecular weight is 570 g/mol. The van der Waals surface area contributed by atoms with E-state index >= 15 is 0 Å². The summed E-state index contributed by atoms with van der Waals surface area (Å²) in [6.07, 6.45) is 0. The molecule has 2 nitrogen and oxygen atoms in total. The average Bonchev–Trinajstić information content (AvgIpc) is 3.10. The van der Waals surface area contributed by atoms with Gasteiger partial charge in [0.05, 0.1) is 11.6 Å². The van der Waals surface area contributed by atoms with E-state index in [0.29, 0.717) is 5.56 Å².